The second-order valence-corrected chi connectivity index (χ2v) is 20.0. The summed E-state index contributed by atoms with van der Waals surface area (Å²) in [5.41, 5.74) is -4.36. The first kappa shape index (κ1) is 50.0. The zero-order valence-electron chi connectivity index (χ0n) is 38.7. The fourth-order valence-electron chi connectivity index (χ4n) is 12.5. The largest absolute Gasteiger partial charge is 0.389 e. The van der Waals surface area contributed by atoms with Gasteiger partial charge in [0.25, 0.3) is 13.4 Å². The summed E-state index contributed by atoms with van der Waals surface area (Å²) in [6.07, 6.45) is -7.95. The first-order valence-corrected chi connectivity index (χ1v) is 24.3. The topological polar surface area (TPSA) is 23.6 Å². The van der Waals surface area contributed by atoms with Gasteiger partial charge in [-0.15, -0.1) is 0 Å². The van der Waals surface area contributed by atoms with Crippen molar-refractivity contribution in [3.63, 3.8) is 0 Å². The molecule has 2 fully saturated rings. The summed E-state index contributed by atoms with van der Waals surface area (Å²) >= 11 is 0. The molecule has 5 aliphatic rings. The van der Waals surface area contributed by atoms with Gasteiger partial charge in [-0.3, -0.25) is 9.80 Å². The van der Waals surface area contributed by atoms with Gasteiger partial charge in [-0.05, 0) is 112 Å². The van der Waals surface area contributed by atoms with E-state index in [0.717, 1.165) is 46.9 Å². The number of amides is 2. The highest BCUT2D eigenvalue weighted by molar-refractivity contribution is 7.00. The summed E-state index contributed by atoms with van der Waals surface area (Å²) in [6.45, 7) is -4.00. The molecule has 2 amide bonds. The third-order valence-electron chi connectivity index (χ3n) is 15.8. The van der Waals surface area contributed by atoms with Gasteiger partial charge in [-0.25, -0.2) is 48.7 Å². The number of urea groups is 1. The van der Waals surface area contributed by atoms with Gasteiger partial charge in [0.1, 0.15) is 0 Å². The van der Waals surface area contributed by atoms with Gasteiger partial charge in [0.05, 0.1) is 11.4 Å². The molecule has 0 unspecified atom stereocenters. The van der Waals surface area contributed by atoms with Gasteiger partial charge >= 0.3 is 18.4 Å². The van der Waals surface area contributed by atoms with Crippen LogP contribution in [0.5, 0.6) is 0 Å². The summed E-state index contributed by atoms with van der Waals surface area (Å²) in [4.78, 5) is 18.3. The molecule has 2 aliphatic carbocycles. The number of nitrogens with zero attached hydrogens (tertiary/aromatic N) is 2. The van der Waals surface area contributed by atoms with Crippen molar-refractivity contribution in [2.24, 2.45) is 0 Å². The number of rotatable bonds is 8. The molecule has 21 heteroatoms. The predicted octanol–water partition coefficient (Wildman–Crippen LogP) is 12.4. The van der Waals surface area contributed by atoms with Crippen LogP contribution < -0.4 is 42.6 Å². The summed E-state index contributed by atoms with van der Waals surface area (Å²) in [5, 5.41) is 0.181. The number of halogens is 16. The van der Waals surface area contributed by atoms with Crippen LogP contribution in [0.25, 0.3) is 10.8 Å². The molecule has 2 saturated carbocycles. The van der Waals surface area contributed by atoms with E-state index in [9.17, 15) is 35.1 Å². The highest BCUT2D eigenvalue weighted by Crippen LogP contribution is 2.52. The van der Waals surface area contributed by atoms with Crippen molar-refractivity contribution >= 4 is 85.8 Å². The third-order valence-corrected chi connectivity index (χ3v) is 15.8. The number of anilines is 4. The van der Waals surface area contributed by atoms with Crippen LogP contribution in [0.1, 0.15) is 111 Å². The molecule has 74 heavy (non-hydrogen) atoms. The lowest BCUT2D eigenvalue weighted by molar-refractivity contribution is -0.134. The van der Waals surface area contributed by atoms with E-state index in [4.69, 9.17) is 0 Å². The van der Waals surface area contributed by atoms with Gasteiger partial charge in [0.15, 0.2) is 58.2 Å². The summed E-state index contributed by atoms with van der Waals surface area (Å²) in [5.74, 6) is -24.3. The van der Waals surface area contributed by atoms with Crippen LogP contribution in [0, 0.1) is 58.2 Å². The van der Waals surface area contributed by atoms with Crippen molar-refractivity contribution in [3.8, 4) is 0 Å². The SMILES string of the molecule is O=C1N2c3cc(CCC(F)(F)F)ccc3B(c3c(F)c(F)c(F)c(F)c3F)c3c(C4CCCCC4)cc4cc(C5CCCCC5)c5c(c4c32)N1c1cc(CCC(F)(F)F)ccc1B5c1c(F)c(F)c(F)c(F)c1F. The van der Waals surface area contributed by atoms with Crippen LogP contribution in [0.2, 0.25) is 0 Å². The lowest BCUT2D eigenvalue weighted by Crippen LogP contribution is -2.66. The second kappa shape index (κ2) is 18.0. The van der Waals surface area contributed by atoms with Crippen molar-refractivity contribution in [2.75, 3.05) is 9.80 Å². The Labute approximate surface area is 412 Å². The predicted molar refractivity (Wildman–Crippen MR) is 249 cm³/mol. The molecule has 0 atom stereocenters. The molecule has 6 aromatic carbocycles. The minimum Gasteiger partial charge on any atom is -0.263 e. The van der Waals surface area contributed by atoms with Crippen LogP contribution in [0.4, 0.5) is 97.8 Å². The maximum absolute atomic E-state index is 16.7. The molecule has 0 aromatic heterocycles. The molecule has 3 nitrogen and oxygen atoms in total. The molecule has 0 radical (unpaired) electrons. The Bertz CT molecular complexity index is 3090. The minimum absolute atomic E-state index is 0.0749. The maximum Gasteiger partial charge on any atom is 0.389 e. The molecule has 0 bridgehead atoms. The van der Waals surface area contributed by atoms with Crippen LogP contribution in [0.3, 0.4) is 0 Å². The third kappa shape index (κ3) is 7.85. The first-order valence-electron chi connectivity index (χ1n) is 24.3. The van der Waals surface area contributed by atoms with Gasteiger partial charge in [-0.1, -0.05) is 74.9 Å². The van der Waals surface area contributed by atoms with Gasteiger partial charge in [-0.2, -0.15) is 26.3 Å². The number of carbonyl (C=O) groups excluding carboxylic acids is 1. The van der Waals surface area contributed by atoms with Crippen molar-refractivity contribution in [2.45, 2.75) is 114 Å². The lowest BCUT2D eigenvalue weighted by atomic mass is 9.32. The summed E-state index contributed by atoms with van der Waals surface area (Å²) in [6, 6.07) is 9.00. The zero-order chi connectivity index (χ0) is 52.6. The van der Waals surface area contributed by atoms with Crippen molar-refractivity contribution in [3.05, 3.63) is 129 Å². The van der Waals surface area contributed by atoms with Crippen LogP contribution in [-0.4, -0.2) is 31.8 Å². The minimum atomic E-state index is -4.72. The Morgan fingerprint density at radius 2 is 0.784 bits per heavy atom. The van der Waals surface area contributed by atoms with Crippen LogP contribution in [0.15, 0.2) is 48.5 Å². The number of benzene rings is 6. The first-order chi connectivity index (χ1) is 35.1. The normalized spacial score (nSPS) is 16.9. The van der Waals surface area contributed by atoms with E-state index in [1.54, 1.807) is 12.1 Å². The Balaban J connectivity index is 1.34. The number of carbonyl (C=O) groups is 1. The van der Waals surface area contributed by atoms with Gasteiger partial charge in [0.2, 0.25) is 0 Å². The standard InChI is InChI=1S/C53H38B2F16N2O/c56-39-37(40(57)44(61)47(64)43(39)60)54-30-13-11-23(15-17-52(66,67)68)19-32(30)72-49-34-27(21-28(35(49)54)25-7-3-1-4-8-25)22-29(26-9-5-2-6-10-26)36-50(34)73(51(72)74)33-20-24(16-18-53(69,70)71)12-14-31(33)55(36)38-41(58)45(62)48(65)46(63)42(38)59/h11-14,19-22,25-26H,1-10,15-18H2. The Hall–Kier alpha value is -6.14. The molecule has 0 saturated heterocycles. The quantitative estimate of drug-likeness (QED) is 0.0645. The van der Waals surface area contributed by atoms with E-state index in [-0.39, 0.29) is 66.5 Å². The molecule has 3 heterocycles. The number of fused-ring (bicyclic) bond motifs is 4. The van der Waals surface area contributed by atoms with E-state index >= 15 is 39.9 Å². The number of hydrogen-bond donors (Lipinski definition) is 0. The molecule has 6 aromatic rings. The van der Waals surface area contributed by atoms with E-state index < -0.39 is 138 Å². The zero-order valence-corrected chi connectivity index (χ0v) is 38.7. The molecule has 11 rings (SSSR count). The Morgan fingerprint density at radius 3 is 1.12 bits per heavy atom. The summed E-state index contributed by atoms with van der Waals surface area (Å²) in [7, 11) is 0. The molecule has 384 valence electrons. The number of aryl methyl sites for hydroxylation is 2. The maximum atomic E-state index is 16.7. The molecule has 0 spiro atoms. The lowest BCUT2D eigenvalue weighted by Gasteiger charge is -2.48. The smallest absolute Gasteiger partial charge is 0.263 e. The average molecular weight is 1040 g/mol. The van der Waals surface area contributed by atoms with Gasteiger partial charge in [0, 0.05) is 40.5 Å². The summed E-state index contributed by atoms with van der Waals surface area (Å²) < 4.78 is 242. The molecular formula is C53H38B2F16N2O. The molecule has 0 N–H and O–H groups in total. The van der Waals surface area contributed by atoms with E-state index in [1.165, 1.54) is 12.1 Å². The molecule has 3 aliphatic heterocycles. The monoisotopic (exact) mass is 1040 g/mol. The second-order valence-electron chi connectivity index (χ2n) is 20.0. The van der Waals surface area contributed by atoms with Crippen molar-refractivity contribution in [1.82, 2.24) is 0 Å². The van der Waals surface area contributed by atoms with Crippen molar-refractivity contribution in [1.29, 1.82) is 0 Å². The number of hydrogen-bond acceptors (Lipinski definition) is 1. The van der Waals surface area contributed by atoms with E-state index in [0.29, 0.717) is 62.5 Å². The van der Waals surface area contributed by atoms with Crippen molar-refractivity contribution < 1.29 is 75.0 Å². The fraction of sp³-hybridized carbons (Fsp3) is 0.340. The highest BCUT2D eigenvalue weighted by Gasteiger charge is 2.53. The fourth-order valence-corrected chi connectivity index (χ4v) is 12.5. The van der Waals surface area contributed by atoms with E-state index in [2.05, 4.69) is 0 Å². The highest BCUT2D eigenvalue weighted by atomic mass is 19.4. The van der Waals surface area contributed by atoms with Crippen LogP contribution in [-0.2, 0) is 12.8 Å². The van der Waals surface area contributed by atoms with Crippen LogP contribution >= 0.6 is 0 Å². The molecular weight excluding hydrogens is 1010 g/mol. The van der Waals surface area contributed by atoms with Gasteiger partial charge < -0.3 is 0 Å². The Morgan fingerprint density at radius 1 is 0.446 bits per heavy atom. The average Bonchev–Trinajstić information content (AvgIpc) is 3.38. The van der Waals surface area contributed by atoms with E-state index in [1.807, 2.05) is 0 Å². The Kier molecular flexibility index (Phi) is 12.2. The number of alkyl halides is 6.